The van der Waals surface area contributed by atoms with Gasteiger partial charge >= 0.3 is 0 Å². The van der Waals surface area contributed by atoms with Crippen LogP contribution in [0.15, 0.2) is 18.3 Å². The lowest BCUT2D eigenvalue weighted by Gasteiger charge is -2.30. The van der Waals surface area contributed by atoms with E-state index in [-0.39, 0.29) is 0 Å². The number of nitrogens with zero attached hydrogens (tertiary/aromatic N) is 4. The van der Waals surface area contributed by atoms with Gasteiger partial charge in [-0.2, -0.15) is 0 Å². The van der Waals surface area contributed by atoms with E-state index in [0.29, 0.717) is 5.02 Å². The summed E-state index contributed by atoms with van der Waals surface area (Å²) in [5, 5.41) is 9.22. The summed E-state index contributed by atoms with van der Waals surface area (Å²) in [7, 11) is 0. The third-order valence-corrected chi connectivity index (χ3v) is 4.30. The molecule has 0 N–H and O–H groups in total. The molecule has 0 aromatic carbocycles. The molecule has 1 aliphatic heterocycles. The van der Waals surface area contributed by atoms with Crippen LogP contribution in [0.1, 0.15) is 25.6 Å². The van der Waals surface area contributed by atoms with Gasteiger partial charge in [0.05, 0.1) is 0 Å². The first kappa shape index (κ1) is 12.9. The van der Waals surface area contributed by atoms with Gasteiger partial charge in [-0.3, -0.25) is 4.40 Å². The van der Waals surface area contributed by atoms with Crippen molar-refractivity contribution in [2.45, 2.75) is 26.2 Å². The molecule has 0 aliphatic carbocycles. The quantitative estimate of drug-likeness (QED) is 0.865. The third kappa shape index (κ3) is 2.74. The number of likely N-dealkylation sites (tertiary alicyclic amines) is 1. The number of rotatable bonds is 3. The van der Waals surface area contributed by atoms with Crippen LogP contribution in [-0.2, 0) is 6.42 Å². The van der Waals surface area contributed by atoms with Crippen molar-refractivity contribution in [2.75, 3.05) is 19.6 Å². The van der Waals surface area contributed by atoms with E-state index in [9.17, 15) is 0 Å². The smallest absolute Gasteiger partial charge is 0.162 e. The second-order valence-corrected chi connectivity index (χ2v) is 5.71. The van der Waals surface area contributed by atoms with Crippen molar-refractivity contribution in [3.8, 4) is 0 Å². The zero-order chi connectivity index (χ0) is 13.2. The Hall–Kier alpha value is -1.13. The molecule has 102 valence electrons. The Balaban J connectivity index is 1.72. The number of hydrogen-bond acceptors (Lipinski definition) is 3. The minimum atomic E-state index is 0.711. The molecule has 2 aromatic rings. The van der Waals surface area contributed by atoms with E-state index in [2.05, 4.69) is 26.4 Å². The maximum atomic E-state index is 5.97. The number of fused-ring (bicyclic) bond motifs is 1. The lowest BCUT2D eigenvalue weighted by Crippen LogP contribution is -2.34. The van der Waals surface area contributed by atoms with Crippen LogP contribution in [-0.4, -0.2) is 39.1 Å². The first-order valence-corrected chi connectivity index (χ1v) is 7.35. The van der Waals surface area contributed by atoms with E-state index in [0.717, 1.165) is 23.8 Å². The number of pyridine rings is 1. The summed E-state index contributed by atoms with van der Waals surface area (Å²) in [5.41, 5.74) is 0.841. The van der Waals surface area contributed by atoms with Gasteiger partial charge in [0.15, 0.2) is 5.65 Å². The topological polar surface area (TPSA) is 33.4 Å². The Morgan fingerprint density at radius 1 is 1.32 bits per heavy atom. The second kappa shape index (κ2) is 5.47. The van der Waals surface area contributed by atoms with Gasteiger partial charge in [-0.1, -0.05) is 18.5 Å². The highest BCUT2D eigenvalue weighted by atomic mass is 35.5. The van der Waals surface area contributed by atoms with Gasteiger partial charge in [0, 0.05) is 23.7 Å². The molecule has 5 heteroatoms. The molecule has 1 aliphatic rings. The van der Waals surface area contributed by atoms with Crippen molar-refractivity contribution in [3.63, 3.8) is 0 Å². The summed E-state index contributed by atoms with van der Waals surface area (Å²) in [5.74, 6) is 1.78. The molecule has 0 bridgehead atoms. The summed E-state index contributed by atoms with van der Waals surface area (Å²) in [4.78, 5) is 2.51. The first-order chi connectivity index (χ1) is 9.26. The molecule has 1 fully saturated rings. The molecule has 3 rings (SSSR count). The van der Waals surface area contributed by atoms with Gasteiger partial charge < -0.3 is 4.90 Å². The lowest BCUT2D eigenvalue weighted by atomic mass is 9.93. The summed E-state index contributed by atoms with van der Waals surface area (Å²) < 4.78 is 2.05. The molecule has 0 saturated carbocycles. The van der Waals surface area contributed by atoms with Crippen molar-refractivity contribution in [1.29, 1.82) is 0 Å². The predicted octanol–water partition coefficient (Wildman–Crippen LogP) is 2.66. The molecule has 0 amide bonds. The van der Waals surface area contributed by atoms with Crippen LogP contribution < -0.4 is 0 Å². The number of aromatic nitrogens is 3. The van der Waals surface area contributed by atoms with Crippen LogP contribution in [0.4, 0.5) is 0 Å². The molecular weight excluding hydrogens is 260 g/mol. The number of hydrogen-bond donors (Lipinski definition) is 0. The van der Waals surface area contributed by atoms with Crippen molar-refractivity contribution in [2.24, 2.45) is 5.92 Å². The fraction of sp³-hybridized carbons (Fsp3) is 0.571. The standard InChI is InChI=1S/C14H19ClN4/c1-2-18-6-3-11(4-7-18)9-13-16-17-14-10-12(15)5-8-19(13)14/h5,8,10-11H,2-4,6-7,9H2,1H3. The highest BCUT2D eigenvalue weighted by molar-refractivity contribution is 6.30. The Morgan fingerprint density at radius 2 is 2.11 bits per heavy atom. The van der Waals surface area contributed by atoms with Gasteiger partial charge in [0.1, 0.15) is 5.82 Å². The Labute approximate surface area is 118 Å². The second-order valence-electron chi connectivity index (χ2n) is 5.27. The third-order valence-electron chi connectivity index (χ3n) is 4.07. The van der Waals surface area contributed by atoms with Crippen molar-refractivity contribution >= 4 is 17.2 Å². The first-order valence-electron chi connectivity index (χ1n) is 6.98. The molecule has 0 atom stereocenters. The average Bonchev–Trinajstić information content (AvgIpc) is 2.82. The molecule has 0 unspecified atom stereocenters. The van der Waals surface area contributed by atoms with Crippen molar-refractivity contribution in [3.05, 3.63) is 29.2 Å². The molecule has 0 radical (unpaired) electrons. The van der Waals surface area contributed by atoms with E-state index < -0.39 is 0 Å². The van der Waals surface area contributed by atoms with E-state index in [4.69, 9.17) is 11.6 Å². The fourth-order valence-corrected chi connectivity index (χ4v) is 2.97. The minimum absolute atomic E-state index is 0.711. The lowest BCUT2D eigenvalue weighted by molar-refractivity contribution is 0.190. The SMILES string of the molecule is CCN1CCC(Cc2nnc3cc(Cl)ccn23)CC1. The summed E-state index contributed by atoms with van der Waals surface area (Å²) in [6.07, 6.45) is 5.50. The maximum absolute atomic E-state index is 5.97. The predicted molar refractivity (Wildman–Crippen MR) is 76.5 cm³/mol. The molecule has 3 heterocycles. The Bertz CT molecular complexity index is 558. The van der Waals surface area contributed by atoms with Crippen LogP contribution in [0, 0.1) is 5.92 Å². The maximum Gasteiger partial charge on any atom is 0.162 e. The molecule has 4 nitrogen and oxygen atoms in total. The molecule has 1 saturated heterocycles. The van der Waals surface area contributed by atoms with E-state index in [1.807, 2.05) is 18.3 Å². The van der Waals surface area contributed by atoms with E-state index >= 15 is 0 Å². The minimum Gasteiger partial charge on any atom is -0.304 e. The summed E-state index contributed by atoms with van der Waals surface area (Å²) in [6.45, 7) is 5.82. The fourth-order valence-electron chi connectivity index (χ4n) is 2.82. The zero-order valence-electron chi connectivity index (χ0n) is 11.2. The number of piperidine rings is 1. The average molecular weight is 279 g/mol. The van der Waals surface area contributed by atoms with Crippen LogP contribution in [0.2, 0.25) is 5.02 Å². The largest absolute Gasteiger partial charge is 0.304 e. The Morgan fingerprint density at radius 3 is 2.84 bits per heavy atom. The van der Waals surface area contributed by atoms with E-state index in [1.54, 1.807) is 0 Å². The van der Waals surface area contributed by atoms with Gasteiger partial charge in [-0.25, -0.2) is 0 Å². The van der Waals surface area contributed by atoms with Crippen LogP contribution in [0.5, 0.6) is 0 Å². The summed E-state index contributed by atoms with van der Waals surface area (Å²) in [6, 6.07) is 3.75. The Kier molecular flexibility index (Phi) is 3.71. The summed E-state index contributed by atoms with van der Waals surface area (Å²) >= 11 is 5.97. The van der Waals surface area contributed by atoms with Crippen LogP contribution in [0.25, 0.3) is 5.65 Å². The van der Waals surface area contributed by atoms with Gasteiger partial charge in [-0.05, 0) is 44.5 Å². The van der Waals surface area contributed by atoms with Crippen molar-refractivity contribution in [1.82, 2.24) is 19.5 Å². The van der Waals surface area contributed by atoms with Crippen LogP contribution >= 0.6 is 11.6 Å². The van der Waals surface area contributed by atoms with Gasteiger partial charge in [-0.15, -0.1) is 10.2 Å². The normalized spacial score (nSPS) is 18.2. The van der Waals surface area contributed by atoms with Gasteiger partial charge in [0.2, 0.25) is 0 Å². The highest BCUT2D eigenvalue weighted by Gasteiger charge is 2.20. The van der Waals surface area contributed by atoms with Crippen molar-refractivity contribution < 1.29 is 0 Å². The highest BCUT2D eigenvalue weighted by Crippen LogP contribution is 2.21. The van der Waals surface area contributed by atoms with E-state index in [1.165, 1.54) is 32.5 Å². The monoisotopic (exact) mass is 278 g/mol. The molecular formula is C14H19ClN4. The molecule has 0 spiro atoms. The van der Waals surface area contributed by atoms with Gasteiger partial charge in [0.25, 0.3) is 0 Å². The number of halogens is 1. The molecule has 19 heavy (non-hydrogen) atoms. The molecule has 2 aromatic heterocycles. The zero-order valence-corrected chi connectivity index (χ0v) is 12.0. The van der Waals surface area contributed by atoms with Crippen LogP contribution in [0.3, 0.4) is 0 Å².